The van der Waals surface area contributed by atoms with Gasteiger partial charge in [0.2, 0.25) is 0 Å². The third-order valence-electron chi connectivity index (χ3n) is 3.05. The summed E-state index contributed by atoms with van der Waals surface area (Å²) >= 11 is 5.11. The Balaban J connectivity index is 2.32. The second-order valence-electron chi connectivity index (χ2n) is 4.46. The van der Waals surface area contributed by atoms with E-state index >= 15 is 0 Å². The molecule has 0 radical (unpaired) electrons. The largest absolute Gasteiger partial charge is 0.497 e. The number of hydrogen-bond donors (Lipinski definition) is 1. The summed E-state index contributed by atoms with van der Waals surface area (Å²) in [7, 11) is 3.64. The van der Waals surface area contributed by atoms with Crippen molar-refractivity contribution in [1.82, 2.24) is 4.98 Å². The highest BCUT2D eigenvalue weighted by Crippen LogP contribution is 2.26. The second kappa shape index (κ2) is 6.34. The number of anilines is 1. The van der Waals surface area contributed by atoms with Crippen LogP contribution in [0.3, 0.4) is 0 Å². The summed E-state index contributed by atoms with van der Waals surface area (Å²) in [6.07, 6.45) is 3.56. The highest BCUT2D eigenvalue weighted by molar-refractivity contribution is 7.80. The number of pyridine rings is 1. The fraction of sp³-hybridized carbons (Fsp3) is 0.200. The van der Waals surface area contributed by atoms with E-state index in [0.717, 1.165) is 23.5 Å². The maximum Gasteiger partial charge on any atom is 0.120 e. The van der Waals surface area contributed by atoms with E-state index < -0.39 is 0 Å². The van der Waals surface area contributed by atoms with E-state index in [1.807, 2.05) is 37.4 Å². The lowest BCUT2D eigenvalue weighted by Gasteiger charge is -2.23. The topological polar surface area (TPSA) is 51.4 Å². The van der Waals surface area contributed by atoms with Crippen LogP contribution < -0.4 is 15.4 Å². The van der Waals surface area contributed by atoms with E-state index in [0.29, 0.717) is 4.99 Å². The van der Waals surface area contributed by atoms with Gasteiger partial charge in [-0.3, -0.25) is 4.98 Å². The van der Waals surface area contributed by atoms with E-state index in [1.54, 1.807) is 19.5 Å². The number of benzene rings is 1. The monoisotopic (exact) mass is 287 g/mol. The van der Waals surface area contributed by atoms with Crippen molar-refractivity contribution in [2.75, 3.05) is 19.1 Å². The van der Waals surface area contributed by atoms with Crippen LogP contribution in [0, 0.1) is 0 Å². The van der Waals surface area contributed by atoms with Gasteiger partial charge in [-0.1, -0.05) is 12.2 Å². The van der Waals surface area contributed by atoms with Gasteiger partial charge in [-0.05, 0) is 29.8 Å². The van der Waals surface area contributed by atoms with Crippen LogP contribution in [0.4, 0.5) is 5.69 Å². The Bertz CT molecular complexity index is 601. The minimum Gasteiger partial charge on any atom is -0.497 e. The van der Waals surface area contributed by atoms with Crippen LogP contribution in [-0.2, 0) is 6.54 Å². The lowest BCUT2D eigenvalue weighted by molar-refractivity contribution is 0.415. The molecule has 0 saturated carbocycles. The molecule has 1 aromatic heterocycles. The fourth-order valence-electron chi connectivity index (χ4n) is 2.01. The SMILES string of the molecule is COc1ccc(C(N)=S)c(N(C)Cc2ccncc2)c1. The Morgan fingerprint density at radius 2 is 2.00 bits per heavy atom. The van der Waals surface area contributed by atoms with Crippen molar-refractivity contribution in [3.8, 4) is 5.75 Å². The lowest BCUT2D eigenvalue weighted by atomic mass is 10.1. The van der Waals surface area contributed by atoms with Gasteiger partial charge in [-0.25, -0.2) is 0 Å². The zero-order chi connectivity index (χ0) is 14.5. The van der Waals surface area contributed by atoms with Gasteiger partial charge < -0.3 is 15.4 Å². The van der Waals surface area contributed by atoms with E-state index in [1.165, 1.54) is 5.56 Å². The first-order valence-corrected chi connectivity index (χ1v) is 6.60. The molecular weight excluding hydrogens is 270 g/mol. The molecule has 0 unspecified atom stereocenters. The molecule has 0 aliphatic heterocycles. The van der Waals surface area contributed by atoms with Gasteiger partial charge in [0.05, 0.1) is 12.8 Å². The predicted molar refractivity (Wildman–Crippen MR) is 85.2 cm³/mol. The molecule has 2 aromatic rings. The molecular formula is C15H17N3OS. The van der Waals surface area contributed by atoms with Crippen molar-refractivity contribution < 1.29 is 4.74 Å². The summed E-state index contributed by atoms with van der Waals surface area (Å²) in [5.41, 5.74) is 8.75. The number of thiocarbonyl (C=S) groups is 1. The minimum atomic E-state index is 0.379. The van der Waals surface area contributed by atoms with Crippen LogP contribution in [0.15, 0.2) is 42.7 Å². The summed E-state index contributed by atoms with van der Waals surface area (Å²) in [5.74, 6) is 0.779. The minimum absolute atomic E-state index is 0.379. The van der Waals surface area contributed by atoms with Crippen molar-refractivity contribution in [2.45, 2.75) is 6.54 Å². The zero-order valence-electron chi connectivity index (χ0n) is 11.5. The van der Waals surface area contributed by atoms with E-state index in [9.17, 15) is 0 Å². The average Bonchev–Trinajstić information content (AvgIpc) is 2.47. The molecule has 0 atom stereocenters. The van der Waals surface area contributed by atoms with Gasteiger partial charge in [0.15, 0.2) is 0 Å². The molecule has 104 valence electrons. The van der Waals surface area contributed by atoms with Crippen molar-refractivity contribution in [3.05, 3.63) is 53.9 Å². The van der Waals surface area contributed by atoms with Crippen molar-refractivity contribution >= 4 is 22.9 Å². The standard InChI is InChI=1S/C15H17N3OS/c1-18(10-11-5-7-17-8-6-11)14-9-12(19-2)3-4-13(14)15(16)20/h3-9H,10H2,1-2H3,(H2,16,20). The Kier molecular flexibility index (Phi) is 4.53. The van der Waals surface area contributed by atoms with Crippen LogP contribution in [0.2, 0.25) is 0 Å². The molecule has 1 heterocycles. The molecule has 0 spiro atoms. The van der Waals surface area contributed by atoms with Crippen LogP contribution in [0.1, 0.15) is 11.1 Å². The molecule has 0 aliphatic rings. The van der Waals surface area contributed by atoms with Crippen molar-refractivity contribution in [3.63, 3.8) is 0 Å². The van der Waals surface area contributed by atoms with E-state index in [2.05, 4.69) is 9.88 Å². The molecule has 0 fully saturated rings. The van der Waals surface area contributed by atoms with Crippen LogP contribution in [-0.4, -0.2) is 24.1 Å². The predicted octanol–water partition coefficient (Wildman–Crippen LogP) is 2.36. The third kappa shape index (κ3) is 3.24. The summed E-state index contributed by atoms with van der Waals surface area (Å²) in [4.78, 5) is 6.49. The number of aromatic nitrogens is 1. The first kappa shape index (κ1) is 14.3. The first-order chi connectivity index (χ1) is 9.61. The molecule has 2 N–H and O–H groups in total. The number of rotatable bonds is 5. The summed E-state index contributed by atoms with van der Waals surface area (Å²) in [6, 6.07) is 9.65. The van der Waals surface area contributed by atoms with Crippen LogP contribution in [0.25, 0.3) is 0 Å². The molecule has 20 heavy (non-hydrogen) atoms. The quantitative estimate of drug-likeness (QED) is 0.856. The first-order valence-electron chi connectivity index (χ1n) is 6.19. The molecule has 0 saturated heterocycles. The molecule has 1 aromatic carbocycles. The van der Waals surface area contributed by atoms with Gasteiger partial charge >= 0.3 is 0 Å². The third-order valence-corrected chi connectivity index (χ3v) is 3.27. The van der Waals surface area contributed by atoms with Gasteiger partial charge in [0, 0.05) is 37.6 Å². The van der Waals surface area contributed by atoms with Crippen molar-refractivity contribution in [1.29, 1.82) is 0 Å². The fourth-order valence-corrected chi connectivity index (χ4v) is 2.18. The highest BCUT2D eigenvalue weighted by atomic mass is 32.1. The van der Waals surface area contributed by atoms with Gasteiger partial charge in [-0.15, -0.1) is 0 Å². The molecule has 0 bridgehead atoms. The van der Waals surface area contributed by atoms with E-state index in [-0.39, 0.29) is 0 Å². The van der Waals surface area contributed by atoms with Crippen LogP contribution in [0.5, 0.6) is 5.75 Å². The van der Waals surface area contributed by atoms with Gasteiger partial charge in [0.25, 0.3) is 0 Å². The average molecular weight is 287 g/mol. The Morgan fingerprint density at radius 3 is 2.60 bits per heavy atom. The number of nitrogens with zero attached hydrogens (tertiary/aromatic N) is 2. The smallest absolute Gasteiger partial charge is 0.120 e. The number of ether oxygens (including phenoxy) is 1. The van der Waals surface area contributed by atoms with Gasteiger partial charge in [-0.2, -0.15) is 0 Å². The zero-order valence-corrected chi connectivity index (χ0v) is 12.4. The second-order valence-corrected chi connectivity index (χ2v) is 4.90. The van der Waals surface area contributed by atoms with Crippen molar-refractivity contribution in [2.24, 2.45) is 5.73 Å². The molecule has 4 nitrogen and oxygen atoms in total. The number of methoxy groups -OCH3 is 1. The van der Waals surface area contributed by atoms with E-state index in [4.69, 9.17) is 22.7 Å². The van der Waals surface area contributed by atoms with Gasteiger partial charge in [0.1, 0.15) is 10.7 Å². The highest BCUT2D eigenvalue weighted by Gasteiger charge is 2.11. The Hall–Kier alpha value is -2.14. The number of hydrogen-bond acceptors (Lipinski definition) is 4. The molecule has 2 rings (SSSR count). The lowest BCUT2D eigenvalue weighted by Crippen LogP contribution is -2.21. The maximum atomic E-state index is 5.79. The number of nitrogens with two attached hydrogens (primary N) is 1. The van der Waals surface area contributed by atoms with Crippen LogP contribution >= 0.6 is 12.2 Å². The molecule has 0 aliphatic carbocycles. The normalized spacial score (nSPS) is 10.1. The summed E-state index contributed by atoms with van der Waals surface area (Å²) in [6.45, 7) is 0.741. The Morgan fingerprint density at radius 1 is 1.30 bits per heavy atom. The summed E-state index contributed by atoms with van der Waals surface area (Å²) < 4.78 is 5.27. The Labute approximate surface area is 124 Å². The molecule has 5 heteroatoms. The molecule has 0 amide bonds. The summed E-state index contributed by atoms with van der Waals surface area (Å²) in [5, 5.41) is 0. The maximum absolute atomic E-state index is 5.79.